The number of hydrogen-bond acceptors (Lipinski definition) is 2. The van der Waals surface area contributed by atoms with Crippen molar-refractivity contribution in [2.24, 2.45) is 0 Å². The summed E-state index contributed by atoms with van der Waals surface area (Å²) in [6, 6.07) is 5.66. The van der Waals surface area contributed by atoms with Gasteiger partial charge in [-0.25, -0.2) is 0 Å². The largest absolute Gasteiger partial charge is 0.491 e. The van der Waals surface area contributed by atoms with Crippen molar-refractivity contribution in [3.8, 4) is 5.75 Å². The SMILES string of the molecule is C=Cc1cc(Br)cc(OCCO)c1. The Labute approximate surface area is 86.0 Å². The molecule has 2 nitrogen and oxygen atoms in total. The van der Waals surface area contributed by atoms with Crippen LogP contribution in [0.3, 0.4) is 0 Å². The van der Waals surface area contributed by atoms with E-state index in [1.807, 2.05) is 18.2 Å². The summed E-state index contributed by atoms with van der Waals surface area (Å²) in [4.78, 5) is 0. The maximum Gasteiger partial charge on any atom is 0.121 e. The highest BCUT2D eigenvalue weighted by Gasteiger charge is 1.97. The van der Waals surface area contributed by atoms with Gasteiger partial charge in [-0.05, 0) is 23.8 Å². The molecule has 0 bridgehead atoms. The first-order valence-corrected chi connectivity index (χ1v) is 4.72. The Morgan fingerprint density at radius 2 is 2.23 bits per heavy atom. The molecule has 13 heavy (non-hydrogen) atoms. The summed E-state index contributed by atoms with van der Waals surface area (Å²) in [6.07, 6.45) is 1.75. The second-order valence-electron chi connectivity index (χ2n) is 2.50. The average molecular weight is 243 g/mol. The molecule has 1 N–H and O–H groups in total. The van der Waals surface area contributed by atoms with Gasteiger partial charge < -0.3 is 9.84 Å². The molecule has 1 rings (SSSR count). The lowest BCUT2D eigenvalue weighted by molar-refractivity contribution is 0.201. The third-order valence-corrected chi connectivity index (χ3v) is 1.95. The molecule has 0 heterocycles. The lowest BCUT2D eigenvalue weighted by atomic mass is 10.2. The third kappa shape index (κ3) is 3.20. The van der Waals surface area contributed by atoms with Crippen LogP contribution in [0.5, 0.6) is 5.75 Å². The lowest BCUT2D eigenvalue weighted by Gasteiger charge is -2.05. The third-order valence-electron chi connectivity index (χ3n) is 1.49. The maximum atomic E-state index is 8.57. The molecule has 0 saturated heterocycles. The quantitative estimate of drug-likeness (QED) is 0.880. The average Bonchev–Trinajstić information content (AvgIpc) is 2.14. The zero-order valence-corrected chi connectivity index (χ0v) is 8.75. The van der Waals surface area contributed by atoms with Crippen LogP contribution in [-0.2, 0) is 0 Å². The fourth-order valence-electron chi connectivity index (χ4n) is 0.949. The Morgan fingerprint density at radius 1 is 1.46 bits per heavy atom. The topological polar surface area (TPSA) is 29.5 Å². The van der Waals surface area contributed by atoms with Crippen molar-refractivity contribution in [2.75, 3.05) is 13.2 Å². The first-order chi connectivity index (χ1) is 6.26. The monoisotopic (exact) mass is 242 g/mol. The van der Waals surface area contributed by atoms with Gasteiger partial charge in [0.25, 0.3) is 0 Å². The predicted octanol–water partition coefficient (Wildman–Crippen LogP) is 2.46. The first-order valence-electron chi connectivity index (χ1n) is 3.93. The van der Waals surface area contributed by atoms with E-state index in [9.17, 15) is 0 Å². The lowest BCUT2D eigenvalue weighted by Crippen LogP contribution is -2.01. The number of halogens is 1. The number of aliphatic hydroxyl groups excluding tert-OH is 1. The normalized spacial score (nSPS) is 9.69. The number of ether oxygens (including phenoxy) is 1. The number of benzene rings is 1. The fraction of sp³-hybridized carbons (Fsp3) is 0.200. The van der Waals surface area contributed by atoms with Crippen molar-refractivity contribution in [3.63, 3.8) is 0 Å². The summed E-state index contributed by atoms with van der Waals surface area (Å²) in [5.74, 6) is 0.735. The second kappa shape index (κ2) is 5.04. The summed E-state index contributed by atoms with van der Waals surface area (Å²) >= 11 is 3.36. The molecular formula is C10H11BrO2. The van der Waals surface area contributed by atoms with Crippen molar-refractivity contribution in [1.82, 2.24) is 0 Å². The van der Waals surface area contributed by atoms with Gasteiger partial charge in [0.2, 0.25) is 0 Å². The van der Waals surface area contributed by atoms with E-state index in [0.29, 0.717) is 6.61 Å². The van der Waals surface area contributed by atoms with Crippen LogP contribution in [0.2, 0.25) is 0 Å². The van der Waals surface area contributed by atoms with Gasteiger partial charge in [0.15, 0.2) is 0 Å². The molecule has 0 amide bonds. The van der Waals surface area contributed by atoms with Gasteiger partial charge in [-0.15, -0.1) is 0 Å². The standard InChI is InChI=1S/C10H11BrO2/c1-2-8-5-9(11)7-10(6-8)13-4-3-12/h2,5-7,12H,1,3-4H2. The highest BCUT2D eigenvalue weighted by Crippen LogP contribution is 2.21. The van der Waals surface area contributed by atoms with E-state index in [-0.39, 0.29) is 6.61 Å². The summed E-state index contributed by atoms with van der Waals surface area (Å²) in [5, 5.41) is 8.57. The number of rotatable bonds is 4. The van der Waals surface area contributed by atoms with Crippen LogP contribution >= 0.6 is 15.9 Å². The molecule has 0 radical (unpaired) electrons. The number of hydrogen-bond donors (Lipinski definition) is 1. The van der Waals surface area contributed by atoms with Gasteiger partial charge in [0.1, 0.15) is 12.4 Å². The Balaban J connectivity index is 2.81. The molecule has 3 heteroatoms. The van der Waals surface area contributed by atoms with E-state index < -0.39 is 0 Å². The minimum atomic E-state index is 0.0237. The minimum absolute atomic E-state index is 0.0237. The Bertz CT molecular complexity index is 297. The Morgan fingerprint density at radius 3 is 2.85 bits per heavy atom. The van der Waals surface area contributed by atoms with Crippen LogP contribution < -0.4 is 4.74 Å². The molecule has 0 unspecified atom stereocenters. The summed E-state index contributed by atoms with van der Waals surface area (Å²) in [5.41, 5.74) is 0.988. The van der Waals surface area contributed by atoms with E-state index >= 15 is 0 Å². The Kier molecular flexibility index (Phi) is 3.99. The molecule has 0 aliphatic carbocycles. The van der Waals surface area contributed by atoms with Crippen molar-refractivity contribution in [3.05, 3.63) is 34.8 Å². The highest BCUT2D eigenvalue weighted by molar-refractivity contribution is 9.10. The van der Waals surface area contributed by atoms with Gasteiger partial charge in [0, 0.05) is 4.47 Å². The predicted molar refractivity (Wildman–Crippen MR) is 56.8 cm³/mol. The molecule has 1 aromatic rings. The van der Waals surface area contributed by atoms with Crippen molar-refractivity contribution >= 4 is 22.0 Å². The van der Waals surface area contributed by atoms with Crippen molar-refractivity contribution in [2.45, 2.75) is 0 Å². The van der Waals surface area contributed by atoms with Crippen LogP contribution in [0.15, 0.2) is 29.3 Å². The molecule has 0 atom stereocenters. The Hall–Kier alpha value is -0.800. The molecule has 1 aromatic carbocycles. The molecular weight excluding hydrogens is 232 g/mol. The van der Waals surface area contributed by atoms with Gasteiger partial charge in [-0.1, -0.05) is 28.6 Å². The second-order valence-corrected chi connectivity index (χ2v) is 3.41. The zero-order chi connectivity index (χ0) is 9.68. The van der Waals surface area contributed by atoms with Gasteiger partial charge >= 0.3 is 0 Å². The highest BCUT2D eigenvalue weighted by atomic mass is 79.9. The van der Waals surface area contributed by atoms with E-state index in [0.717, 1.165) is 15.8 Å². The van der Waals surface area contributed by atoms with Gasteiger partial charge in [0.05, 0.1) is 6.61 Å². The smallest absolute Gasteiger partial charge is 0.121 e. The van der Waals surface area contributed by atoms with Crippen molar-refractivity contribution < 1.29 is 9.84 Å². The zero-order valence-electron chi connectivity index (χ0n) is 7.16. The molecule has 0 spiro atoms. The van der Waals surface area contributed by atoms with Crippen LogP contribution in [0.4, 0.5) is 0 Å². The van der Waals surface area contributed by atoms with E-state index in [2.05, 4.69) is 22.5 Å². The van der Waals surface area contributed by atoms with Crippen LogP contribution in [0, 0.1) is 0 Å². The van der Waals surface area contributed by atoms with Gasteiger partial charge in [-0.2, -0.15) is 0 Å². The van der Waals surface area contributed by atoms with Crippen LogP contribution in [-0.4, -0.2) is 18.3 Å². The van der Waals surface area contributed by atoms with Crippen LogP contribution in [0.25, 0.3) is 6.08 Å². The maximum absolute atomic E-state index is 8.57. The van der Waals surface area contributed by atoms with E-state index in [1.54, 1.807) is 6.08 Å². The molecule has 0 saturated carbocycles. The molecule has 0 fully saturated rings. The molecule has 0 aromatic heterocycles. The van der Waals surface area contributed by atoms with Gasteiger partial charge in [-0.3, -0.25) is 0 Å². The van der Waals surface area contributed by atoms with E-state index in [1.165, 1.54) is 0 Å². The molecule has 0 aliphatic heterocycles. The van der Waals surface area contributed by atoms with E-state index in [4.69, 9.17) is 9.84 Å². The molecule has 0 aliphatic rings. The molecule has 70 valence electrons. The summed E-state index contributed by atoms with van der Waals surface area (Å²) < 4.78 is 6.19. The number of aliphatic hydroxyl groups is 1. The first kappa shape index (κ1) is 10.3. The van der Waals surface area contributed by atoms with Crippen molar-refractivity contribution in [1.29, 1.82) is 0 Å². The summed E-state index contributed by atoms with van der Waals surface area (Å²) in [6.45, 7) is 4.00. The summed E-state index contributed by atoms with van der Waals surface area (Å²) in [7, 11) is 0. The van der Waals surface area contributed by atoms with Crippen LogP contribution in [0.1, 0.15) is 5.56 Å². The fourth-order valence-corrected chi connectivity index (χ4v) is 1.44. The minimum Gasteiger partial charge on any atom is -0.491 e.